The normalized spacial score (nSPS) is 17.3. The minimum absolute atomic E-state index is 0.255. The molecule has 0 saturated heterocycles. The number of thiazole rings is 1. The standard InChI is InChI=1S/C18H18BrN3O3S/c1-4-25-17(23)15-10(2)22(13-7-5-12(19)6-8-13)18(24)21-16(15)14-9-26-11(3)20-14/h5-9,16H,4H2,1-3H3,(H,21,24)/t16-/m0/s1. The lowest BCUT2D eigenvalue weighted by molar-refractivity contribution is -0.139. The molecule has 0 radical (unpaired) electrons. The van der Waals surface area contributed by atoms with Gasteiger partial charge in [0.25, 0.3) is 0 Å². The Bertz CT molecular complexity index is 876. The minimum Gasteiger partial charge on any atom is -0.463 e. The summed E-state index contributed by atoms with van der Waals surface area (Å²) in [6.07, 6.45) is 0. The van der Waals surface area contributed by atoms with Crippen molar-refractivity contribution in [3.8, 4) is 0 Å². The Hall–Kier alpha value is -2.19. The molecule has 1 aromatic carbocycles. The predicted molar refractivity (Wildman–Crippen MR) is 104 cm³/mol. The van der Waals surface area contributed by atoms with Crippen molar-refractivity contribution < 1.29 is 14.3 Å². The molecule has 0 unspecified atom stereocenters. The number of hydrogen-bond acceptors (Lipinski definition) is 5. The number of carbonyl (C=O) groups is 2. The van der Waals surface area contributed by atoms with Gasteiger partial charge in [0.15, 0.2) is 0 Å². The first-order chi connectivity index (χ1) is 12.4. The van der Waals surface area contributed by atoms with Crippen molar-refractivity contribution in [1.29, 1.82) is 0 Å². The number of amides is 2. The fraction of sp³-hybridized carbons (Fsp3) is 0.278. The van der Waals surface area contributed by atoms with Gasteiger partial charge in [0.05, 0.1) is 28.6 Å². The predicted octanol–water partition coefficient (Wildman–Crippen LogP) is 4.32. The summed E-state index contributed by atoms with van der Waals surface area (Å²) in [5, 5.41) is 5.61. The van der Waals surface area contributed by atoms with Gasteiger partial charge in [-0.3, -0.25) is 4.90 Å². The van der Waals surface area contributed by atoms with Gasteiger partial charge in [0.2, 0.25) is 0 Å². The topological polar surface area (TPSA) is 71.5 Å². The summed E-state index contributed by atoms with van der Waals surface area (Å²) in [6, 6.07) is 6.37. The summed E-state index contributed by atoms with van der Waals surface area (Å²) >= 11 is 4.86. The molecule has 1 atom stereocenters. The molecule has 26 heavy (non-hydrogen) atoms. The van der Waals surface area contributed by atoms with Crippen molar-refractivity contribution >= 4 is 45.0 Å². The summed E-state index contributed by atoms with van der Waals surface area (Å²) < 4.78 is 6.15. The smallest absolute Gasteiger partial charge is 0.338 e. The average Bonchev–Trinajstić information content (AvgIpc) is 3.02. The molecule has 136 valence electrons. The average molecular weight is 436 g/mol. The third-order valence-corrected chi connectivity index (χ3v) is 5.32. The van der Waals surface area contributed by atoms with Crippen LogP contribution in [0.5, 0.6) is 0 Å². The van der Waals surface area contributed by atoms with Crippen molar-refractivity contribution in [2.75, 3.05) is 11.5 Å². The summed E-state index contributed by atoms with van der Waals surface area (Å²) in [5.41, 5.74) is 2.22. The molecule has 2 amide bonds. The van der Waals surface area contributed by atoms with Crippen molar-refractivity contribution in [2.24, 2.45) is 0 Å². The number of urea groups is 1. The number of aromatic nitrogens is 1. The molecule has 0 aliphatic carbocycles. The molecule has 0 bridgehead atoms. The first kappa shape index (κ1) is 18.6. The van der Waals surface area contributed by atoms with Crippen LogP contribution >= 0.6 is 27.3 Å². The Morgan fingerprint density at radius 2 is 2.04 bits per heavy atom. The van der Waals surface area contributed by atoms with Crippen LogP contribution in [0.2, 0.25) is 0 Å². The van der Waals surface area contributed by atoms with Crippen LogP contribution in [-0.2, 0) is 9.53 Å². The van der Waals surface area contributed by atoms with E-state index in [2.05, 4.69) is 26.2 Å². The molecule has 8 heteroatoms. The highest BCUT2D eigenvalue weighted by Gasteiger charge is 2.38. The van der Waals surface area contributed by atoms with Crippen LogP contribution in [0.25, 0.3) is 0 Å². The summed E-state index contributed by atoms with van der Waals surface area (Å²) in [4.78, 5) is 31.4. The van der Waals surface area contributed by atoms with Gasteiger partial charge < -0.3 is 10.1 Å². The zero-order valence-corrected chi connectivity index (χ0v) is 17.0. The van der Waals surface area contributed by atoms with Gasteiger partial charge in [-0.1, -0.05) is 15.9 Å². The van der Waals surface area contributed by atoms with Gasteiger partial charge in [-0.05, 0) is 45.0 Å². The first-order valence-electron chi connectivity index (χ1n) is 8.08. The van der Waals surface area contributed by atoms with Crippen molar-refractivity contribution in [2.45, 2.75) is 26.8 Å². The fourth-order valence-corrected chi connectivity index (χ4v) is 3.75. The van der Waals surface area contributed by atoms with Crippen LogP contribution in [0.3, 0.4) is 0 Å². The summed E-state index contributed by atoms with van der Waals surface area (Å²) in [7, 11) is 0. The molecule has 1 aliphatic heterocycles. The number of aryl methyl sites for hydroxylation is 1. The maximum absolute atomic E-state index is 12.8. The van der Waals surface area contributed by atoms with Crippen LogP contribution in [0.4, 0.5) is 10.5 Å². The second kappa shape index (κ2) is 7.59. The van der Waals surface area contributed by atoms with Crippen LogP contribution < -0.4 is 10.2 Å². The quantitative estimate of drug-likeness (QED) is 0.725. The number of carbonyl (C=O) groups excluding carboxylic acids is 2. The zero-order chi connectivity index (χ0) is 18.8. The lowest BCUT2D eigenvalue weighted by Gasteiger charge is -2.34. The van der Waals surface area contributed by atoms with Gasteiger partial charge in [0, 0.05) is 15.5 Å². The van der Waals surface area contributed by atoms with E-state index in [1.165, 1.54) is 16.2 Å². The monoisotopic (exact) mass is 435 g/mol. The molecule has 2 heterocycles. The van der Waals surface area contributed by atoms with Crippen molar-refractivity contribution in [3.63, 3.8) is 0 Å². The molecule has 6 nitrogen and oxygen atoms in total. The van der Waals surface area contributed by atoms with E-state index in [-0.39, 0.29) is 12.6 Å². The van der Waals surface area contributed by atoms with Gasteiger partial charge in [0.1, 0.15) is 6.04 Å². The molecule has 0 saturated carbocycles. The molecular formula is C18H18BrN3O3S. The van der Waals surface area contributed by atoms with Crippen LogP contribution in [0, 0.1) is 6.92 Å². The Morgan fingerprint density at radius 3 is 2.62 bits per heavy atom. The Morgan fingerprint density at radius 1 is 1.35 bits per heavy atom. The van der Waals surface area contributed by atoms with Crippen LogP contribution in [0.15, 0.2) is 45.4 Å². The highest BCUT2D eigenvalue weighted by molar-refractivity contribution is 9.10. The molecule has 2 aromatic rings. The number of halogens is 1. The number of hydrogen-bond donors (Lipinski definition) is 1. The molecule has 1 aliphatic rings. The molecule has 0 spiro atoms. The van der Waals surface area contributed by atoms with E-state index in [9.17, 15) is 9.59 Å². The first-order valence-corrected chi connectivity index (χ1v) is 9.75. The van der Waals surface area contributed by atoms with E-state index < -0.39 is 12.0 Å². The van der Waals surface area contributed by atoms with Gasteiger partial charge in [-0.15, -0.1) is 11.3 Å². The number of nitrogens with one attached hydrogen (secondary N) is 1. The SMILES string of the molecule is CCOC(=O)C1=C(C)N(c2ccc(Br)cc2)C(=O)N[C@H]1c1csc(C)n1. The largest absolute Gasteiger partial charge is 0.463 e. The number of nitrogens with zero attached hydrogens (tertiary/aromatic N) is 2. The molecule has 1 N–H and O–H groups in total. The fourth-order valence-electron chi connectivity index (χ4n) is 2.85. The Labute approximate surface area is 164 Å². The minimum atomic E-state index is -0.627. The second-order valence-electron chi connectivity index (χ2n) is 5.71. The number of esters is 1. The molecule has 1 aromatic heterocycles. The van der Waals surface area contributed by atoms with E-state index in [4.69, 9.17) is 4.74 Å². The zero-order valence-electron chi connectivity index (χ0n) is 14.6. The second-order valence-corrected chi connectivity index (χ2v) is 7.68. The number of ether oxygens (including phenoxy) is 1. The van der Waals surface area contributed by atoms with E-state index in [1.807, 2.05) is 36.6 Å². The number of rotatable bonds is 4. The number of allylic oxidation sites excluding steroid dienone is 1. The van der Waals surface area contributed by atoms with Crippen molar-refractivity contribution in [3.05, 3.63) is 56.1 Å². The molecular weight excluding hydrogens is 418 g/mol. The molecule has 3 rings (SSSR count). The molecule has 0 fully saturated rings. The highest BCUT2D eigenvalue weighted by Crippen LogP contribution is 2.34. The number of anilines is 1. The summed E-state index contributed by atoms with van der Waals surface area (Å²) in [5.74, 6) is -0.456. The Balaban J connectivity index is 2.11. The van der Waals surface area contributed by atoms with E-state index >= 15 is 0 Å². The maximum Gasteiger partial charge on any atom is 0.338 e. The van der Waals surface area contributed by atoms with Gasteiger partial charge >= 0.3 is 12.0 Å². The lowest BCUT2D eigenvalue weighted by atomic mass is 9.99. The summed E-state index contributed by atoms with van der Waals surface area (Å²) in [6.45, 7) is 5.64. The lowest BCUT2D eigenvalue weighted by Crippen LogP contribution is -2.48. The third-order valence-electron chi connectivity index (χ3n) is 4.00. The van der Waals surface area contributed by atoms with E-state index in [0.29, 0.717) is 22.7 Å². The maximum atomic E-state index is 12.8. The Kier molecular flexibility index (Phi) is 5.43. The third kappa shape index (κ3) is 3.52. The van der Waals surface area contributed by atoms with E-state index in [0.717, 1.165) is 9.48 Å². The van der Waals surface area contributed by atoms with Crippen molar-refractivity contribution in [1.82, 2.24) is 10.3 Å². The van der Waals surface area contributed by atoms with E-state index in [1.54, 1.807) is 13.8 Å². The van der Waals surface area contributed by atoms with Gasteiger partial charge in [-0.2, -0.15) is 0 Å². The highest BCUT2D eigenvalue weighted by atomic mass is 79.9. The van der Waals surface area contributed by atoms with Crippen LogP contribution in [-0.4, -0.2) is 23.6 Å². The number of benzene rings is 1. The van der Waals surface area contributed by atoms with Gasteiger partial charge in [-0.25, -0.2) is 14.6 Å². The van der Waals surface area contributed by atoms with Crippen LogP contribution in [0.1, 0.15) is 30.6 Å².